The molecule has 0 aromatic rings. The maximum absolute atomic E-state index is 13.1. The van der Waals surface area contributed by atoms with Crippen molar-refractivity contribution in [3.05, 3.63) is 11.6 Å². The summed E-state index contributed by atoms with van der Waals surface area (Å²) >= 11 is 0. The summed E-state index contributed by atoms with van der Waals surface area (Å²) in [6.45, 7) is 23.0. The summed E-state index contributed by atoms with van der Waals surface area (Å²) in [6.07, 6.45) is 29.6. The van der Waals surface area contributed by atoms with E-state index in [1.807, 2.05) is 5.57 Å². The van der Waals surface area contributed by atoms with Crippen molar-refractivity contribution in [3.8, 4) is 0 Å². The minimum absolute atomic E-state index is 0.0329. The number of esters is 1. The maximum atomic E-state index is 13.1. The standard InChI is InChI=1S/C43H74O2/c1-10-11-12-13-14-15-16-17-18-19-20-37(44)45-36-24-25-41(7)34(39(36,4)5)23-26-43(9)35(41)22-21-32-33-31-38(2,3)27-28-40(33,6)29-30-42(32,43)8/h21,33-36H,10-20,22-31H2,1-9H3/t33-,34-,35+,36-,40+,41-,42+,43+/m0/s1. The molecular weight excluding hydrogens is 548 g/mol. The van der Waals surface area contributed by atoms with Gasteiger partial charge in [0.05, 0.1) is 0 Å². The van der Waals surface area contributed by atoms with Crippen molar-refractivity contribution in [2.24, 2.45) is 50.2 Å². The maximum Gasteiger partial charge on any atom is 0.306 e. The van der Waals surface area contributed by atoms with Gasteiger partial charge in [-0.25, -0.2) is 0 Å². The predicted molar refractivity (Wildman–Crippen MR) is 191 cm³/mol. The molecule has 0 N–H and O–H groups in total. The van der Waals surface area contributed by atoms with Crippen LogP contribution in [0, 0.1) is 50.2 Å². The van der Waals surface area contributed by atoms with Crippen LogP contribution in [-0.2, 0) is 9.53 Å². The Hall–Kier alpha value is -0.790. The Morgan fingerprint density at radius 3 is 2.02 bits per heavy atom. The summed E-state index contributed by atoms with van der Waals surface area (Å²) in [7, 11) is 0. The third-order valence-electron chi connectivity index (χ3n) is 16.0. The van der Waals surface area contributed by atoms with Gasteiger partial charge in [0, 0.05) is 11.8 Å². The lowest BCUT2D eigenvalue weighted by atomic mass is 9.33. The van der Waals surface area contributed by atoms with Crippen molar-refractivity contribution in [1.82, 2.24) is 0 Å². The van der Waals surface area contributed by atoms with E-state index in [9.17, 15) is 4.79 Å². The summed E-state index contributed by atoms with van der Waals surface area (Å²) in [5.74, 6) is 2.18. The largest absolute Gasteiger partial charge is 0.462 e. The van der Waals surface area contributed by atoms with Crippen LogP contribution in [0.5, 0.6) is 0 Å². The van der Waals surface area contributed by atoms with Gasteiger partial charge in [0.1, 0.15) is 6.10 Å². The van der Waals surface area contributed by atoms with E-state index in [1.165, 1.54) is 116 Å². The van der Waals surface area contributed by atoms with Gasteiger partial charge in [-0.2, -0.15) is 0 Å². The molecule has 0 radical (unpaired) electrons. The molecule has 0 aromatic heterocycles. The summed E-state index contributed by atoms with van der Waals surface area (Å²) < 4.78 is 6.39. The van der Waals surface area contributed by atoms with E-state index in [0.717, 1.165) is 24.7 Å². The minimum Gasteiger partial charge on any atom is -0.462 e. The third-order valence-corrected chi connectivity index (χ3v) is 16.0. The minimum atomic E-state index is 0.0329. The van der Waals surface area contributed by atoms with Crippen molar-refractivity contribution in [3.63, 3.8) is 0 Å². The van der Waals surface area contributed by atoms with E-state index in [2.05, 4.69) is 68.4 Å². The molecule has 4 fully saturated rings. The van der Waals surface area contributed by atoms with E-state index < -0.39 is 0 Å². The van der Waals surface area contributed by atoms with Crippen LogP contribution in [0.3, 0.4) is 0 Å². The Morgan fingerprint density at radius 1 is 0.733 bits per heavy atom. The molecule has 5 rings (SSSR count). The lowest BCUT2D eigenvalue weighted by Gasteiger charge is -2.71. The topological polar surface area (TPSA) is 26.3 Å². The van der Waals surface area contributed by atoms with Crippen molar-refractivity contribution in [1.29, 1.82) is 0 Å². The molecule has 0 heterocycles. The van der Waals surface area contributed by atoms with Crippen LogP contribution in [0.25, 0.3) is 0 Å². The first kappa shape index (κ1) is 35.5. The SMILES string of the molecule is CCCCCCCCCCCCC(=O)O[C@H]1CC[C@]2(C)[C@H]3CC=C4[C@@H]5CC(C)(C)CC[C@]5(C)CC[C@@]4(C)[C@]3(C)CC[C@H]2C1(C)C. The molecule has 0 aliphatic heterocycles. The summed E-state index contributed by atoms with van der Waals surface area (Å²) in [4.78, 5) is 13.1. The van der Waals surface area contributed by atoms with Gasteiger partial charge in [-0.05, 0) is 115 Å². The van der Waals surface area contributed by atoms with Gasteiger partial charge in [-0.3, -0.25) is 4.79 Å². The molecule has 2 nitrogen and oxygen atoms in total. The molecule has 258 valence electrons. The average molecular weight is 623 g/mol. The molecule has 5 aliphatic rings. The van der Waals surface area contributed by atoms with E-state index in [1.54, 1.807) is 0 Å². The van der Waals surface area contributed by atoms with E-state index in [4.69, 9.17) is 4.74 Å². The first-order valence-electron chi connectivity index (χ1n) is 20.0. The number of fused-ring (bicyclic) bond motifs is 7. The first-order valence-corrected chi connectivity index (χ1v) is 20.0. The summed E-state index contributed by atoms with van der Waals surface area (Å²) in [5.41, 5.74) is 3.88. The zero-order chi connectivity index (χ0) is 32.7. The molecule has 0 bridgehead atoms. The molecule has 0 spiro atoms. The number of carbonyl (C=O) groups excluding carboxylic acids is 1. The highest BCUT2D eigenvalue weighted by molar-refractivity contribution is 5.69. The average Bonchev–Trinajstić information content (AvgIpc) is 2.97. The van der Waals surface area contributed by atoms with E-state index in [-0.39, 0.29) is 17.5 Å². The first-order chi connectivity index (χ1) is 21.1. The molecule has 0 amide bonds. The fourth-order valence-corrected chi connectivity index (χ4v) is 12.7. The number of carbonyl (C=O) groups is 1. The Kier molecular flexibility index (Phi) is 10.5. The second-order valence-electron chi connectivity index (χ2n) is 19.6. The molecule has 45 heavy (non-hydrogen) atoms. The number of rotatable bonds is 12. The number of ether oxygens (including phenoxy) is 1. The lowest BCUT2D eigenvalue weighted by molar-refractivity contribution is -0.212. The van der Waals surface area contributed by atoms with Crippen LogP contribution >= 0.6 is 0 Å². The van der Waals surface area contributed by atoms with Gasteiger partial charge >= 0.3 is 5.97 Å². The van der Waals surface area contributed by atoms with Gasteiger partial charge in [0.25, 0.3) is 0 Å². The van der Waals surface area contributed by atoms with E-state index in [0.29, 0.717) is 39.4 Å². The van der Waals surface area contributed by atoms with Crippen molar-refractivity contribution < 1.29 is 9.53 Å². The molecule has 4 saturated carbocycles. The van der Waals surface area contributed by atoms with Crippen LogP contribution in [0.2, 0.25) is 0 Å². The molecule has 0 saturated heterocycles. The van der Waals surface area contributed by atoms with Crippen molar-refractivity contribution in [2.75, 3.05) is 0 Å². The van der Waals surface area contributed by atoms with Gasteiger partial charge < -0.3 is 4.74 Å². The van der Waals surface area contributed by atoms with E-state index >= 15 is 0 Å². The zero-order valence-electron chi connectivity index (χ0n) is 31.6. The molecule has 0 aromatic carbocycles. The molecule has 8 atom stereocenters. The monoisotopic (exact) mass is 623 g/mol. The van der Waals surface area contributed by atoms with Gasteiger partial charge in [-0.15, -0.1) is 0 Å². The number of hydrogen-bond acceptors (Lipinski definition) is 2. The smallest absolute Gasteiger partial charge is 0.306 e. The Labute approximate surface area is 280 Å². The van der Waals surface area contributed by atoms with Gasteiger partial charge in [0.2, 0.25) is 0 Å². The Bertz CT molecular complexity index is 1070. The van der Waals surface area contributed by atoms with Crippen molar-refractivity contribution in [2.45, 2.75) is 203 Å². The molecule has 0 unspecified atom stereocenters. The van der Waals surface area contributed by atoms with Crippen LogP contribution < -0.4 is 0 Å². The van der Waals surface area contributed by atoms with Crippen LogP contribution in [-0.4, -0.2) is 12.1 Å². The number of unbranched alkanes of at least 4 members (excludes halogenated alkanes) is 9. The quantitative estimate of drug-likeness (QED) is 0.123. The predicted octanol–water partition coefficient (Wildman–Crippen LogP) is 13.0. The van der Waals surface area contributed by atoms with Crippen LogP contribution in [0.15, 0.2) is 11.6 Å². The highest BCUT2D eigenvalue weighted by Gasteiger charge is 2.68. The second-order valence-corrected chi connectivity index (χ2v) is 19.6. The summed E-state index contributed by atoms with van der Waals surface area (Å²) in [5, 5.41) is 0. The number of allylic oxidation sites excluding steroid dienone is 2. The lowest BCUT2D eigenvalue weighted by Crippen LogP contribution is -2.64. The number of hydrogen-bond donors (Lipinski definition) is 0. The fourth-order valence-electron chi connectivity index (χ4n) is 12.7. The Morgan fingerprint density at radius 2 is 1.36 bits per heavy atom. The molecule has 5 aliphatic carbocycles. The fraction of sp³-hybridized carbons (Fsp3) is 0.930. The highest BCUT2D eigenvalue weighted by Crippen LogP contribution is 2.75. The third kappa shape index (κ3) is 6.51. The van der Waals surface area contributed by atoms with Gasteiger partial charge in [-0.1, -0.05) is 132 Å². The van der Waals surface area contributed by atoms with Crippen LogP contribution in [0.4, 0.5) is 0 Å². The van der Waals surface area contributed by atoms with Crippen LogP contribution in [0.1, 0.15) is 197 Å². The molecular formula is C43H74O2. The normalized spacial score (nSPS) is 41.6. The van der Waals surface area contributed by atoms with Gasteiger partial charge in [0.15, 0.2) is 0 Å². The second kappa shape index (κ2) is 13.3. The summed E-state index contributed by atoms with van der Waals surface area (Å²) in [6, 6.07) is 0. The zero-order valence-corrected chi connectivity index (χ0v) is 31.6. The molecule has 2 heteroatoms. The highest BCUT2D eigenvalue weighted by atomic mass is 16.5. The van der Waals surface area contributed by atoms with Crippen molar-refractivity contribution >= 4 is 5.97 Å². The Balaban J connectivity index is 1.20.